The maximum Gasteiger partial charge on any atom is 0.240 e. The molecule has 7 nitrogen and oxygen atoms in total. The van der Waals surface area contributed by atoms with E-state index in [-0.39, 0.29) is 30.3 Å². The van der Waals surface area contributed by atoms with Crippen LogP contribution in [0.25, 0.3) is 0 Å². The second-order valence-corrected chi connectivity index (χ2v) is 7.26. The SMILES string of the molecule is COc1ncccc1CNC(=O)CCNS(=O)(=O)c1cccc(Cl)c1. The quantitative estimate of drug-likeness (QED) is 0.723. The fourth-order valence-electron chi connectivity index (χ4n) is 2.04. The van der Waals surface area contributed by atoms with Gasteiger partial charge in [-0.05, 0) is 24.3 Å². The van der Waals surface area contributed by atoms with Gasteiger partial charge < -0.3 is 10.1 Å². The number of aromatic nitrogens is 1. The summed E-state index contributed by atoms with van der Waals surface area (Å²) in [6.45, 7) is 0.224. The van der Waals surface area contributed by atoms with E-state index in [1.807, 2.05) is 0 Å². The third-order valence-electron chi connectivity index (χ3n) is 3.27. The van der Waals surface area contributed by atoms with Crippen LogP contribution in [0.4, 0.5) is 0 Å². The molecule has 2 aromatic rings. The summed E-state index contributed by atoms with van der Waals surface area (Å²) in [5.41, 5.74) is 0.734. The summed E-state index contributed by atoms with van der Waals surface area (Å²) in [5, 5.41) is 3.02. The highest BCUT2D eigenvalue weighted by Crippen LogP contribution is 2.15. The maximum atomic E-state index is 12.1. The molecule has 134 valence electrons. The van der Waals surface area contributed by atoms with Gasteiger partial charge >= 0.3 is 0 Å². The summed E-state index contributed by atoms with van der Waals surface area (Å²) in [7, 11) is -2.20. The lowest BCUT2D eigenvalue weighted by atomic mass is 10.2. The molecule has 0 aliphatic carbocycles. The molecule has 0 unspecified atom stereocenters. The number of methoxy groups -OCH3 is 1. The Bertz CT molecular complexity index is 843. The minimum absolute atomic E-state index is 0.00235. The fourth-order valence-corrected chi connectivity index (χ4v) is 3.37. The van der Waals surface area contributed by atoms with Gasteiger partial charge in [0, 0.05) is 36.3 Å². The van der Waals surface area contributed by atoms with Crippen molar-refractivity contribution >= 4 is 27.5 Å². The average Bonchev–Trinajstić information content (AvgIpc) is 2.60. The topological polar surface area (TPSA) is 97.4 Å². The van der Waals surface area contributed by atoms with Gasteiger partial charge in [-0.15, -0.1) is 0 Å². The van der Waals surface area contributed by atoms with Crippen LogP contribution in [0.15, 0.2) is 47.5 Å². The number of benzene rings is 1. The fraction of sp³-hybridized carbons (Fsp3) is 0.250. The molecule has 1 aromatic heterocycles. The number of nitrogens with zero attached hydrogens (tertiary/aromatic N) is 1. The Morgan fingerprint density at radius 2 is 2.08 bits per heavy atom. The molecule has 0 aliphatic heterocycles. The highest BCUT2D eigenvalue weighted by molar-refractivity contribution is 7.89. The van der Waals surface area contributed by atoms with Crippen LogP contribution in [0.3, 0.4) is 0 Å². The number of sulfonamides is 1. The molecule has 0 fully saturated rings. The summed E-state index contributed by atoms with van der Waals surface area (Å²) >= 11 is 5.79. The van der Waals surface area contributed by atoms with Crippen molar-refractivity contribution in [1.82, 2.24) is 15.0 Å². The number of ether oxygens (including phenoxy) is 1. The molecule has 0 saturated carbocycles. The smallest absolute Gasteiger partial charge is 0.240 e. The van der Waals surface area contributed by atoms with E-state index in [1.54, 1.807) is 30.5 Å². The Morgan fingerprint density at radius 1 is 1.28 bits per heavy atom. The third kappa shape index (κ3) is 5.70. The molecule has 2 N–H and O–H groups in total. The van der Waals surface area contributed by atoms with Crippen molar-refractivity contribution in [1.29, 1.82) is 0 Å². The van der Waals surface area contributed by atoms with Gasteiger partial charge in [0.2, 0.25) is 21.8 Å². The number of amides is 1. The van der Waals surface area contributed by atoms with Gasteiger partial charge in [-0.1, -0.05) is 23.7 Å². The van der Waals surface area contributed by atoms with Crippen LogP contribution >= 0.6 is 11.6 Å². The highest BCUT2D eigenvalue weighted by atomic mass is 35.5. The number of hydrogen-bond donors (Lipinski definition) is 2. The van der Waals surface area contributed by atoms with E-state index in [2.05, 4.69) is 15.0 Å². The number of nitrogens with one attached hydrogen (secondary N) is 2. The number of carbonyl (C=O) groups is 1. The van der Waals surface area contributed by atoms with Crippen LogP contribution in [0.2, 0.25) is 5.02 Å². The molecule has 0 aliphatic rings. The van der Waals surface area contributed by atoms with E-state index >= 15 is 0 Å². The molecule has 0 spiro atoms. The van der Waals surface area contributed by atoms with Crippen molar-refractivity contribution < 1.29 is 17.9 Å². The zero-order valence-corrected chi connectivity index (χ0v) is 15.1. The molecule has 0 radical (unpaired) electrons. The van der Waals surface area contributed by atoms with Crippen molar-refractivity contribution in [3.8, 4) is 5.88 Å². The van der Waals surface area contributed by atoms with Gasteiger partial charge in [0.1, 0.15) is 0 Å². The summed E-state index contributed by atoms with van der Waals surface area (Å²) in [6.07, 6.45) is 1.59. The first-order chi connectivity index (χ1) is 11.9. The Hall–Kier alpha value is -2.16. The molecule has 25 heavy (non-hydrogen) atoms. The molecule has 0 atom stereocenters. The van der Waals surface area contributed by atoms with E-state index in [9.17, 15) is 13.2 Å². The van der Waals surface area contributed by atoms with E-state index in [0.29, 0.717) is 10.9 Å². The molecule has 0 saturated heterocycles. The molecule has 1 heterocycles. The molecule has 0 bridgehead atoms. The van der Waals surface area contributed by atoms with Gasteiger partial charge in [-0.2, -0.15) is 0 Å². The molecule has 1 aromatic carbocycles. The van der Waals surface area contributed by atoms with Crippen molar-refractivity contribution in [2.45, 2.75) is 17.9 Å². The summed E-state index contributed by atoms with van der Waals surface area (Å²) < 4.78 is 31.7. The number of halogens is 1. The van der Waals surface area contributed by atoms with Gasteiger partial charge in [0.25, 0.3) is 0 Å². The highest BCUT2D eigenvalue weighted by Gasteiger charge is 2.14. The van der Waals surface area contributed by atoms with Crippen molar-refractivity contribution in [3.63, 3.8) is 0 Å². The largest absolute Gasteiger partial charge is 0.481 e. The first-order valence-electron chi connectivity index (χ1n) is 7.42. The van der Waals surface area contributed by atoms with E-state index in [4.69, 9.17) is 16.3 Å². The monoisotopic (exact) mass is 383 g/mol. The lowest BCUT2D eigenvalue weighted by molar-refractivity contribution is -0.121. The Labute approximate surface area is 151 Å². The standard InChI is InChI=1S/C16H18ClN3O4S/c1-24-16-12(4-3-8-18-16)11-19-15(21)7-9-20-25(22,23)14-6-2-5-13(17)10-14/h2-6,8,10,20H,7,9,11H2,1H3,(H,19,21). The van der Waals surface area contributed by atoms with Crippen LogP contribution in [0.1, 0.15) is 12.0 Å². The second-order valence-electron chi connectivity index (χ2n) is 5.05. The van der Waals surface area contributed by atoms with E-state index < -0.39 is 10.0 Å². The number of rotatable bonds is 8. The predicted molar refractivity (Wildman–Crippen MR) is 93.9 cm³/mol. The predicted octanol–water partition coefficient (Wildman–Crippen LogP) is 1.73. The summed E-state index contributed by atoms with van der Waals surface area (Å²) in [4.78, 5) is 16.0. The molecule has 9 heteroatoms. The molecule has 1 amide bonds. The summed E-state index contributed by atoms with van der Waals surface area (Å²) in [5.74, 6) is 0.143. The first-order valence-corrected chi connectivity index (χ1v) is 9.28. The van der Waals surface area contributed by atoms with Crippen LogP contribution < -0.4 is 14.8 Å². The number of pyridine rings is 1. The second kappa shape index (κ2) is 8.80. The molecular formula is C16H18ClN3O4S. The Kier molecular flexibility index (Phi) is 6.74. The van der Waals surface area contributed by atoms with Gasteiger partial charge in [-0.25, -0.2) is 18.1 Å². The average molecular weight is 384 g/mol. The van der Waals surface area contributed by atoms with Crippen molar-refractivity contribution in [2.24, 2.45) is 0 Å². The lowest BCUT2D eigenvalue weighted by Gasteiger charge is -2.09. The van der Waals surface area contributed by atoms with Crippen LogP contribution in [-0.4, -0.2) is 33.0 Å². The van der Waals surface area contributed by atoms with E-state index in [1.165, 1.54) is 19.2 Å². The van der Waals surface area contributed by atoms with Crippen molar-refractivity contribution in [3.05, 3.63) is 53.2 Å². The normalized spacial score (nSPS) is 11.1. The minimum Gasteiger partial charge on any atom is -0.481 e. The number of hydrogen-bond acceptors (Lipinski definition) is 5. The van der Waals surface area contributed by atoms with E-state index in [0.717, 1.165) is 5.56 Å². The zero-order valence-electron chi connectivity index (χ0n) is 13.5. The number of carbonyl (C=O) groups excluding carboxylic acids is 1. The molecular weight excluding hydrogens is 366 g/mol. The van der Waals surface area contributed by atoms with Crippen LogP contribution in [0, 0.1) is 0 Å². The van der Waals surface area contributed by atoms with Crippen LogP contribution in [0.5, 0.6) is 5.88 Å². The third-order valence-corrected chi connectivity index (χ3v) is 4.96. The summed E-state index contributed by atoms with van der Waals surface area (Å²) in [6, 6.07) is 9.43. The Balaban J connectivity index is 1.82. The molecule has 2 rings (SSSR count). The van der Waals surface area contributed by atoms with Gasteiger partial charge in [0.15, 0.2) is 0 Å². The maximum absolute atomic E-state index is 12.1. The van der Waals surface area contributed by atoms with Crippen molar-refractivity contribution in [2.75, 3.05) is 13.7 Å². The zero-order chi connectivity index (χ0) is 18.3. The lowest BCUT2D eigenvalue weighted by Crippen LogP contribution is -2.30. The minimum atomic E-state index is -3.70. The Morgan fingerprint density at radius 3 is 2.80 bits per heavy atom. The van der Waals surface area contributed by atoms with Gasteiger partial charge in [-0.3, -0.25) is 4.79 Å². The first kappa shape index (κ1) is 19.2. The van der Waals surface area contributed by atoms with Crippen LogP contribution in [-0.2, 0) is 21.4 Å². The van der Waals surface area contributed by atoms with Gasteiger partial charge in [0.05, 0.1) is 12.0 Å².